The van der Waals surface area contributed by atoms with E-state index in [4.69, 9.17) is 16.3 Å². The number of nitrogens with zero attached hydrogens (tertiary/aromatic N) is 3. The number of ether oxygens (including phenoxy) is 1. The Morgan fingerprint density at radius 2 is 2.10 bits per heavy atom. The second kappa shape index (κ2) is 12.0. The number of aliphatic hydroxyl groups is 1. The van der Waals surface area contributed by atoms with E-state index in [1.807, 2.05) is 37.3 Å². The van der Waals surface area contributed by atoms with Gasteiger partial charge in [-0.05, 0) is 38.3 Å². The minimum atomic E-state index is -0.703. The lowest BCUT2D eigenvalue weighted by molar-refractivity contribution is -0.126. The second-order valence-electron chi connectivity index (χ2n) is 9.95. The molecule has 2 atom stereocenters. The van der Waals surface area contributed by atoms with Gasteiger partial charge in [0.15, 0.2) is 0 Å². The molecule has 2 aliphatic heterocycles. The summed E-state index contributed by atoms with van der Waals surface area (Å²) in [4.78, 5) is 39.0. The lowest BCUT2D eigenvalue weighted by Gasteiger charge is -2.32. The molecule has 1 fully saturated rings. The first-order valence-electron chi connectivity index (χ1n) is 13.1. The Morgan fingerprint density at radius 1 is 1.31 bits per heavy atom. The highest BCUT2D eigenvalue weighted by Crippen LogP contribution is 2.37. The number of carbonyl (C=O) groups excluding carboxylic acids is 2. The van der Waals surface area contributed by atoms with Gasteiger partial charge >= 0.3 is 0 Å². The molecule has 0 bridgehead atoms. The van der Waals surface area contributed by atoms with Gasteiger partial charge in [0.05, 0.1) is 34.3 Å². The highest BCUT2D eigenvalue weighted by atomic mass is 35.5. The Balaban J connectivity index is 1.30. The van der Waals surface area contributed by atoms with Gasteiger partial charge in [-0.15, -0.1) is 11.3 Å². The number of hydrogen-bond acceptors (Lipinski definition) is 8. The smallest absolute Gasteiger partial charge is 0.255 e. The molecular weight excluding hydrogens is 538 g/mol. The zero-order chi connectivity index (χ0) is 27.5. The van der Waals surface area contributed by atoms with Crippen LogP contribution in [-0.2, 0) is 16.0 Å². The summed E-state index contributed by atoms with van der Waals surface area (Å²) < 4.78 is 5.42. The summed E-state index contributed by atoms with van der Waals surface area (Å²) in [6.07, 6.45) is 3.97. The fourth-order valence-corrected chi connectivity index (χ4v) is 6.34. The Hall–Kier alpha value is -3.05. The number of aryl methyl sites for hydroxylation is 1. The minimum absolute atomic E-state index is 0.205. The van der Waals surface area contributed by atoms with Crippen LogP contribution >= 0.6 is 22.9 Å². The maximum Gasteiger partial charge on any atom is 0.255 e. The summed E-state index contributed by atoms with van der Waals surface area (Å²) in [5.41, 5.74) is 3.00. The summed E-state index contributed by atoms with van der Waals surface area (Å²) in [7, 11) is 0. The van der Waals surface area contributed by atoms with Crippen LogP contribution in [0.5, 0.6) is 0 Å². The van der Waals surface area contributed by atoms with E-state index in [1.54, 1.807) is 18.0 Å². The predicted octanol–water partition coefficient (Wildman–Crippen LogP) is 3.99. The van der Waals surface area contributed by atoms with Gasteiger partial charge in [0.1, 0.15) is 11.7 Å². The fourth-order valence-electron chi connectivity index (χ4n) is 4.95. The highest BCUT2D eigenvalue weighted by molar-refractivity contribution is 7.16. The Kier molecular flexibility index (Phi) is 8.46. The molecule has 206 valence electrons. The molecule has 0 saturated carbocycles. The van der Waals surface area contributed by atoms with E-state index in [-0.39, 0.29) is 24.5 Å². The molecule has 4 heterocycles. The van der Waals surface area contributed by atoms with Crippen molar-refractivity contribution in [3.8, 4) is 10.6 Å². The van der Waals surface area contributed by atoms with Crippen molar-refractivity contribution in [3.63, 3.8) is 0 Å². The van der Waals surface area contributed by atoms with Crippen LogP contribution in [0.1, 0.15) is 52.2 Å². The summed E-state index contributed by atoms with van der Waals surface area (Å²) in [5, 5.41) is 16.6. The van der Waals surface area contributed by atoms with Crippen molar-refractivity contribution in [2.24, 2.45) is 0 Å². The number of carbonyl (C=O) groups is 2. The lowest BCUT2D eigenvalue weighted by atomic mass is 10.0. The van der Waals surface area contributed by atoms with Crippen molar-refractivity contribution in [2.75, 3.05) is 31.7 Å². The predicted molar refractivity (Wildman–Crippen MR) is 151 cm³/mol. The molecule has 3 aromatic rings. The molecule has 1 saturated heterocycles. The van der Waals surface area contributed by atoms with Gasteiger partial charge in [0.25, 0.3) is 5.91 Å². The van der Waals surface area contributed by atoms with Crippen molar-refractivity contribution < 1.29 is 19.4 Å². The van der Waals surface area contributed by atoms with Crippen LogP contribution in [0, 0.1) is 6.92 Å². The minimum Gasteiger partial charge on any atom is -0.394 e. The first-order valence-corrected chi connectivity index (χ1v) is 14.3. The largest absolute Gasteiger partial charge is 0.394 e. The number of thiophene rings is 1. The molecule has 2 aliphatic rings. The molecular formula is C28H32ClN5O4S. The number of anilines is 1. The van der Waals surface area contributed by atoms with Gasteiger partial charge in [-0.25, -0.2) is 9.97 Å². The number of aromatic nitrogens is 2. The first-order chi connectivity index (χ1) is 18.8. The van der Waals surface area contributed by atoms with E-state index in [2.05, 4.69) is 20.6 Å². The van der Waals surface area contributed by atoms with Crippen LogP contribution < -0.4 is 10.6 Å². The number of rotatable bonds is 8. The Labute approximate surface area is 236 Å². The van der Waals surface area contributed by atoms with E-state index in [9.17, 15) is 14.7 Å². The third-order valence-corrected chi connectivity index (χ3v) is 8.68. The molecule has 0 spiro atoms. The van der Waals surface area contributed by atoms with E-state index in [0.717, 1.165) is 33.7 Å². The van der Waals surface area contributed by atoms with E-state index in [0.29, 0.717) is 48.4 Å². The van der Waals surface area contributed by atoms with Crippen molar-refractivity contribution >= 4 is 40.7 Å². The average molecular weight is 570 g/mol. The molecule has 0 aliphatic carbocycles. The van der Waals surface area contributed by atoms with Crippen molar-refractivity contribution in [1.82, 2.24) is 20.2 Å². The van der Waals surface area contributed by atoms with Crippen molar-refractivity contribution in [3.05, 3.63) is 63.1 Å². The van der Waals surface area contributed by atoms with Crippen molar-refractivity contribution in [1.29, 1.82) is 0 Å². The summed E-state index contributed by atoms with van der Waals surface area (Å²) in [5.74, 6) is -0.0216. The van der Waals surface area contributed by atoms with Gasteiger partial charge in [-0.2, -0.15) is 0 Å². The van der Waals surface area contributed by atoms with E-state index in [1.165, 1.54) is 11.3 Å². The first kappa shape index (κ1) is 27.5. The van der Waals surface area contributed by atoms with Crippen LogP contribution in [-0.4, -0.2) is 70.2 Å². The number of nitrogens with one attached hydrogen (secondary N) is 2. The third-order valence-electron chi connectivity index (χ3n) is 7.20. The molecule has 2 amide bonds. The van der Waals surface area contributed by atoms with Gasteiger partial charge in [0.2, 0.25) is 11.9 Å². The van der Waals surface area contributed by atoms with Crippen LogP contribution in [0.2, 0.25) is 5.02 Å². The SMILES string of the molecule is Cc1cccc([C@@H](CO)NC(=O)[C@@H](C)N2CCc3sc(-c4nc(NC5CCOCC5)ncc4Cl)cc3C2=O)c1. The Morgan fingerprint density at radius 3 is 2.85 bits per heavy atom. The number of halogens is 1. The number of fused-ring (bicyclic) bond motifs is 1. The highest BCUT2D eigenvalue weighted by Gasteiger charge is 2.34. The molecule has 1 aromatic carbocycles. The normalized spacial score (nSPS) is 17.4. The van der Waals surface area contributed by atoms with Crippen LogP contribution in [0.3, 0.4) is 0 Å². The topological polar surface area (TPSA) is 117 Å². The quantitative estimate of drug-likeness (QED) is 0.375. The zero-order valence-corrected chi connectivity index (χ0v) is 23.5. The maximum absolute atomic E-state index is 13.5. The second-order valence-corrected chi connectivity index (χ2v) is 11.5. The van der Waals surface area contributed by atoms with E-state index < -0.39 is 12.1 Å². The molecule has 9 nitrogen and oxygen atoms in total. The maximum atomic E-state index is 13.5. The monoisotopic (exact) mass is 569 g/mol. The molecule has 5 rings (SSSR count). The number of amides is 2. The van der Waals surface area contributed by atoms with Crippen molar-refractivity contribution in [2.45, 2.75) is 51.2 Å². The van der Waals surface area contributed by atoms with Crippen LogP contribution in [0.4, 0.5) is 5.95 Å². The Bertz CT molecular complexity index is 1360. The number of hydrogen-bond donors (Lipinski definition) is 3. The van der Waals surface area contributed by atoms with Gasteiger partial charge < -0.3 is 25.4 Å². The summed E-state index contributed by atoms with van der Waals surface area (Å²) in [6.45, 7) is 5.27. The molecule has 0 radical (unpaired) electrons. The zero-order valence-electron chi connectivity index (χ0n) is 21.9. The van der Waals surface area contributed by atoms with Crippen LogP contribution in [0.15, 0.2) is 36.5 Å². The third kappa shape index (κ3) is 6.09. The molecule has 39 heavy (non-hydrogen) atoms. The average Bonchev–Trinajstić information content (AvgIpc) is 3.38. The molecule has 3 N–H and O–H groups in total. The van der Waals surface area contributed by atoms with E-state index >= 15 is 0 Å². The fraction of sp³-hybridized carbons (Fsp3) is 0.429. The number of benzene rings is 1. The van der Waals surface area contributed by atoms with Crippen LogP contribution in [0.25, 0.3) is 10.6 Å². The van der Waals surface area contributed by atoms with Gasteiger partial charge in [-0.1, -0.05) is 41.4 Å². The van der Waals surface area contributed by atoms with Gasteiger partial charge in [0, 0.05) is 37.1 Å². The summed E-state index contributed by atoms with van der Waals surface area (Å²) in [6, 6.07) is 8.45. The summed E-state index contributed by atoms with van der Waals surface area (Å²) >= 11 is 7.97. The standard InChI is InChI=1S/C28H32ClN5O4S/c1-16-4-3-5-18(12-16)22(15-35)32-26(36)17(2)34-9-6-23-20(27(34)37)13-24(39-23)25-21(29)14-30-28(33-25)31-19-7-10-38-11-8-19/h3-5,12-14,17,19,22,35H,6-11,15H2,1-2H3,(H,32,36)(H,30,31,33)/t17-,22-/m1/s1. The van der Waals surface area contributed by atoms with Gasteiger partial charge in [-0.3, -0.25) is 9.59 Å². The molecule has 2 aromatic heterocycles. The molecule has 0 unspecified atom stereocenters. The number of aliphatic hydroxyl groups excluding tert-OH is 1. The molecule has 11 heteroatoms. The lowest BCUT2D eigenvalue weighted by Crippen LogP contribution is -2.51.